The van der Waals surface area contributed by atoms with Gasteiger partial charge in [-0.05, 0) is 45.8 Å². The van der Waals surface area contributed by atoms with Gasteiger partial charge in [0.05, 0.1) is 10.7 Å². The largest absolute Gasteiger partial charge is 0.422 e. The minimum Gasteiger partial charge on any atom is -0.422 e. The van der Waals surface area contributed by atoms with Crippen molar-refractivity contribution < 1.29 is 9.53 Å². The van der Waals surface area contributed by atoms with Crippen molar-refractivity contribution in [2.24, 2.45) is 4.99 Å². The van der Waals surface area contributed by atoms with Crippen molar-refractivity contribution in [2.75, 3.05) is 0 Å². The smallest absolute Gasteiger partial charge is 0.355 e. The number of esters is 1. The van der Waals surface area contributed by atoms with E-state index in [9.17, 15) is 4.79 Å². The first-order valence-corrected chi connectivity index (χ1v) is 12.3. The first-order valence-electron chi connectivity index (χ1n) is 11.1. The van der Waals surface area contributed by atoms with Crippen LogP contribution in [0.5, 0.6) is 5.75 Å². The van der Waals surface area contributed by atoms with Crippen molar-refractivity contribution in [1.29, 1.82) is 0 Å². The molecule has 0 N–H and O–H groups in total. The average molecular weight is 492 g/mol. The Bertz CT molecular complexity index is 1770. The van der Waals surface area contributed by atoms with Gasteiger partial charge < -0.3 is 4.74 Å². The number of carbonyl (C=O) groups is 1. The maximum Gasteiger partial charge on any atom is 0.355 e. The van der Waals surface area contributed by atoms with E-state index in [-0.39, 0.29) is 0 Å². The first kappa shape index (κ1) is 21.5. The number of aliphatic imine (C=N–C) groups is 1. The number of nitrogens with zero attached hydrogens (tertiary/aromatic N) is 1. The van der Waals surface area contributed by atoms with Crippen LogP contribution in [0, 0.1) is 0 Å². The molecule has 0 aliphatic rings. The molecule has 0 bridgehead atoms. The third-order valence-electron chi connectivity index (χ3n) is 5.93. The van der Waals surface area contributed by atoms with Crippen molar-refractivity contribution in [1.82, 2.24) is 0 Å². The van der Waals surface area contributed by atoms with Crippen LogP contribution >= 0.6 is 22.9 Å². The van der Waals surface area contributed by atoms with E-state index in [0.717, 1.165) is 42.9 Å². The molecule has 0 unspecified atom stereocenters. The van der Waals surface area contributed by atoms with Gasteiger partial charge in [0, 0.05) is 21.9 Å². The van der Waals surface area contributed by atoms with E-state index in [1.54, 1.807) is 6.21 Å². The summed E-state index contributed by atoms with van der Waals surface area (Å²) in [4.78, 5) is 18.3. The normalized spacial score (nSPS) is 11.6. The van der Waals surface area contributed by atoms with Gasteiger partial charge in [0.2, 0.25) is 0 Å². The average Bonchev–Trinajstić information content (AvgIpc) is 3.24. The fourth-order valence-electron chi connectivity index (χ4n) is 4.19. The van der Waals surface area contributed by atoms with Crippen LogP contribution in [0.2, 0.25) is 5.02 Å². The molecule has 6 rings (SSSR count). The van der Waals surface area contributed by atoms with Crippen LogP contribution in [0.25, 0.3) is 31.6 Å². The van der Waals surface area contributed by atoms with E-state index >= 15 is 0 Å². The quantitative estimate of drug-likeness (QED) is 0.140. The van der Waals surface area contributed by atoms with Crippen LogP contribution < -0.4 is 4.74 Å². The van der Waals surface area contributed by atoms with Gasteiger partial charge in [0.1, 0.15) is 10.6 Å². The first-order chi connectivity index (χ1) is 17.2. The molecule has 0 saturated carbocycles. The Morgan fingerprint density at radius 1 is 0.771 bits per heavy atom. The number of benzene rings is 5. The van der Waals surface area contributed by atoms with Gasteiger partial charge in [0.25, 0.3) is 0 Å². The number of ether oxygens (including phenoxy) is 1. The maximum absolute atomic E-state index is 13.2. The maximum atomic E-state index is 13.2. The zero-order chi connectivity index (χ0) is 23.8. The Hall–Kier alpha value is -3.99. The van der Waals surface area contributed by atoms with Crippen molar-refractivity contribution in [3.63, 3.8) is 0 Å². The molecule has 0 saturated heterocycles. The van der Waals surface area contributed by atoms with Crippen LogP contribution in [0.15, 0.2) is 108 Å². The number of thiophene rings is 1. The molecule has 1 heterocycles. The van der Waals surface area contributed by atoms with Crippen LogP contribution in [-0.4, -0.2) is 12.2 Å². The molecule has 5 heteroatoms. The molecule has 0 amide bonds. The third-order valence-corrected chi connectivity index (χ3v) is 7.58. The second-order valence-electron chi connectivity index (χ2n) is 8.12. The number of halogens is 1. The monoisotopic (exact) mass is 491 g/mol. The summed E-state index contributed by atoms with van der Waals surface area (Å²) in [5, 5.41) is 5.53. The molecular formula is C30H18ClNO2S. The molecule has 5 aromatic carbocycles. The molecule has 0 atom stereocenters. The number of carbonyl (C=O) groups excluding carboxylic acids is 1. The summed E-state index contributed by atoms with van der Waals surface area (Å²) in [5.74, 6) is -0.0430. The Labute approximate surface area is 210 Å². The fourth-order valence-corrected chi connectivity index (χ4v) is 5.57. The lowest BCUT2D eigenvalue weighted by molar-refractivity contribution is 0.0740. The summed E-state index contributed by atoms with van der Waals surface area (Å²) in [7, 11) is 0. The highest BCUT2D eigenvalue weighted by Crippen LogP contribution is 2.36. The van der Waals surface area contributed by atoms with Gasteiger partial charge in [-0.3, -0.25) is 4.99 Å². The molecule has 0 fully saturated rings. The highest BCUT2D eigenvalue weighted by atomic mass is 35.5. The van der Waals surface area contributed by atoms with E-state index in [0.29, 0.717) is 15.6 Å². The summed E-state index contributed by atoms with van der Waals surface area (Å²) in [6, 6.07) is 33.6. The van der Waals surface area contributed by atoms with Crippen LogP contribution in [0.1, 0.15) is 15.2 Å². The minimum absolute atomic E-state index is 0.387. The number of hydrogen-bond donors (Lipinski definition) is 0. The van der Waals surface area contributed by atoms with Gasteiger partial charge in [0.15, 0.2) is 0 Å². The molecule has 0 aliphatic heterocycles. The van der Waals surface area contributed by atoms with Gasteiger partial charge >= 0.3 is 5.97 Å². The van der Waals surface area contributed by atoms with E-state index in [1.807, 2.05) is 84.9 Å². The second-order valence-corrected chi connectivity index (χ2v) is 9.55. The van der Waals surface area contributed by atoms with Gasteiger partial charge in [-0.2, -0.15) is 0 Å². The topological polar surface area (TPSA) is 38.7 Å². The van der Waals surface area contributed by atoms with Gasteiger partial charge in [-0.1, -0.05) is 90.5 Å². The lowest BCUT2D eigenvalue weighted by Gasteiger charge is -2.10. The molecule has 1 aromatic heterocycles. The van der Waals surface area contributed by atoms with Crippen molar-refractivity contribution >= 4 is 72.4 Å². The standard InChI is InChI=1S/C30H18ClNO2S/c31-28-24-11-5-6-12-27(24)35-29(28)30(33)34-26-16-14-20-8-3-4-10-23(20)25(26)18-32-22-15-13-19-7-1-2-9-21(19)17-22/h1-18H. The summed E-state index contributed by atoms with van der Waals surface area (Å²) < 4.78 is 6.85. The summed E-state index contributed by atoms with van der Waals surface area (Å²) in [5.41, 5.74) is 1.56. The van der Waals surface area contributed by atoms with Crippen molar-refractivity contribution in [2.45, 2.75) is 0 Å². The Morgan fingerprint density at radius 2 is 1.46 bits per heavy atom. The lowest BCUT2D eigenvalue weighted by Crippen LogP contribution is -2.09. The Balaban J connectivity index is 1.41. The Kier molecular flexibility index (Phi) is 5.53. The Morgan fingerprint density at radius 3 is 2.29 bits per heavy atom. The molecule has 0 radical (unpaired) electrons. The number of fused-ring (bicyclic) bond motifs is 3. The zero-order valence-electron chi connectivity index (χ0n) is 18.4. The molecule has 0 aliphatic carbocycles. The van der Waals surface area contributed by atoms with Gasteiger partial charge in [-0.15, -0.1) is 11.3 Å². The zero-order valence-corrected chi connectivity index (χ0v) is 20.0. The van der Waals surface area contributed by atoms with Crippen molar-refractivity contribution in [3.05, 3.63) is 119 Å². The van der Waals surface area contributed by atoms with E-state index < -0.39 is 5.97 Å². The minimum atomic E-state index is -0.480. The third kappa shape index (κ3) is 4.08. The van der Waals surface area contributed by atoms with Crippen LogP contribution in [0.3, 0.4) is 0 Å². The van der Waals surface area contributed by atoms with E-state index in [2.05, 4.69) is 18.2 Å². The molecule has 3 nitrogen and oxygen atoms in total. The fraction of sp³-hybridized carbons (Fsp3) is 0. The summed E-state index contributed by atoms with van der Waals surface area (Å²) >= 11 is 7.86. The van der Waals surface area contributed by atoms with Crippen LogP contribution in [0.4, 0.5) is 5.69 Å². The summed E-state index contributed by atoms with van der Waals surface area (Å²) in [6.07, 6.45) is 1.77. The van der Waals surface area contributed by atoms with Crippen LogP contribution in [-0.2, 0) is 0 Å². The predicted molar refractivity (Wildman–Crippen MR) is 147 cm³/mol. The predicted octanol–water partition coefficient (Wildman–Crippen LogP) is 8.83. The van der Waals surface area contributed by atoms with E-state index in [1.165, 1.54) is 11.3 Å². The molecule has 6 aromatic rings. The second kappa shape index (κ2) is 8.99. The lowest BCUT2D eigenvalue weighted by atomic mass is 10.0. The van der Waals surface area contributed by atoms with E-state index in [4.69, 9.17) is 21.3 Å². The summed E-state index contributed by atoms with van der Waals surface area (Å²) in [6.45, 7) is 0. The SMILES string of the molecule is O=C(Oc1ccc2ccccc2c1C=Nc1ccc2ccccc2c1)c1sc2ccccc2c1Cl. The molecule has 0 spiro atoms. The number of hydrogen-bond acceptors (Lipinski definition) is 4. The van der Waals surface area contributed by atoms with Gasteiger partial charge in [-0.25, -0.2) is 4.79 Å². The molecule has 168 valence electrons. The molecule has 35 heavy (non-hydrogen) atoms. The highest BCUT2D eigenvalue weighted by molar-refractivity contribution is 7.21. The highest BCUT2D eigenvalue weighted by Gasteiger charge is 2.20. The number of rotatable bonds is 4. The van der Waals surface area contributed by atoms with Crippen molar-refractivity contribution in [3.8, 4) is 5.75 Å². The molecular weight excluding hydrogens is 474 g/mol.